The first-order chi connectivity index (χ1) is 15.4. The summed E-state index contributed by atoms with van der Waals surface area (Å²) < 4.78 is 18.5. The summed E-state index contributed by atoms with van der Waals surface area (Å²) >= 11 is 0. The second kappa shape index (κ2) is 8.50. The van der Waals surface area contributed by atoms with Crippen molar-refractivity contribution >= 4 is 17.4 Å². The maximum atomic E-state index is 13.4. The van der Waals surface area contributed by atoms with Crippen molar-refractivity contribution in [2.75, 3.05) is 7.11 Å². The van der Waals surface area contributed by atoms with Crippen LogP contribution in [0.4, 0.5) is 4.39 Å². The molecule has 2 aromatic carbocycles. The highest BCUT2D eigenvalue weighted by atomic mass is 19.1. The SMILES string of the molecule is COc1cc([C@@H]2C(=C(O)c3ccc(F)cc3)C(=O)C(=O)N2Cc2cccnc2)ccc1O. The first kappa shape index (κ1) is 21.0. The van der Waals surface area contributed by atoms with Gasteiger partial charge in [-0.15, -0.1) is 0 Å². The third-order valence-corrected chi connectivity index (χ3v) is 5.25. The molecule has 7 nitrogen and oxygen atoms in total. The highest BCUT2D eigenvalue weighted by Gasteiger charge is 2.46. The molecular formula is C24H19FN2O5. The number of carbonyl (C=O) groups is 2. The van der Waals surface area contributed by atoms with Gasteiger partial charge in [0, 0.05) is 24.5 Å². The standard InChI is InChI=1S/C24H19FN2O5/c1-32-19-11-16(6-9-18(19)28)21-20(22(29)15-4-7-17(25)8-5-15)23(30)24(31)27(21)13-14-3-2-10-26-12-14/h2-12,21,28-29H,13H2,1H3/t21-/m1/s1. The molecule has 8 heteroatoms. The van der Waals surface area contributed by atoms with Gasteiger partial charge in [-0.25, -0.2) is 4.39 Å². The first-order valence-corrected chi connectivity index (χ1v) is 9.71. The molecule has 1 saturated heterocycles. The summed E-state index contributed by atoms with van der Waals surface area (Å²) in [6.45, 7) is 0.0620. The molecule has 1 aliphatic rings. The van der Waals surface area contributed by atoms with Crippen molar-refractivity contribution in [2.45, 2.75) is 12.6 Å². The molecule has 3 aromatic rings. The molecule has 1 aliphatic heterocycles. The van der Waals surface area contributed by atoms with Crippen molar-refractivity contribution in [2.24, 2.45) is 0 Å². The van der Waals surface area contributed by atoms with Crippen LogP contribution in [-0.2, 0) is 16.1 Å². The van der Waals surface area contributed by atoms with Crippen molar-refractivity contribution < 1.29 is 28.9 Å². The highest BCUT2D eigenvalue weighted by molar-refractivity contribution is 6.46. The Labute approximate surface area is 183 Å². The normalized spacial score (nSPS) is 17.6. The van der Waals surface area contributed by atoms with Gasteiger partial charge in [-0.1, -0.05) is 12.1 Å². The number of aliphatic hydroxyl groups excluding tert-OH is 1. The van der Waals surface area contributed by atoms with E-state index in [0.717, 1.165) is 12.1 Å². The van der Waals surface area contributed by atoms with E-state index in [-0.39, 0.29) is 29.2 Å². The Morgan fingerprint density at radius 2 is 1.91 bits per heavy atom. The van der Waals surface area contributed by atoms with Gasteiger partial charge in [0.2, 0.25) is 0 Å². The molecule has 1 amide bonds. The predicted octanol–water partition coefficient (Wildman–Crippen LogP) is 3.56. The van der Waals surface area contributed by atoms with E-state index < -0.39 is 29.3 Å². The van der Waals surface area contributed by atoms with Gasteiger partial charge in [-0.2, -0.15) is 0 Å². The summed E-state index contributed by atoms with van der Waals surface area (Å²) in [5.41, 5.74) is 1.19. The smallest absolute Gasteiger partial charge is 0.295 e. The minimum absolute atomic E-state index is 0.0620. The van der Waals surface area contributed by atoms with Gasteiger partial charge >= 0.3 is 0 Å². The van der Waals surface area contributed by atoms with Gasteiger partial charge in [-0.3, -0.25) is 14.6 Å². The molecule has 0 aliphatic carbocycles. The number of halogens is 1. The molecule has 2 N–H and O–H groups in total. The van der Waals surface area contributed by atoms with Gasteiger partial charge in [-0.05, 0) is 53.6 Å². The van der Waals surface area contributed by atoms with Crippen LogP contribution in [0.1, 0.15) is 22.7 Å². The zero-order valence-corrected chi connectivity index (χ0v) is 17.0. The lowest BCUT2D eigenvalue weighted by Gasteiger charge is -2.25. The number of ether oxygens (including phenoxy) is 1. The molecule has 1 atom stereocenters. The van der Waals surface area contributed by atoms with E-state index in [0.29, 0.717) is 11.1 Å². The van der Waals surface area contributed by atoms with E-state index in [2.05, 4.69) is 4.98 Å². The molecule has 0 bridgehead atoms. The van der Waals surface area contributed by atoms with E-state index in [4.69, 9.17) is 4.74 Å². The number of pyridine rings is 1. The lowest BCUT2D eigenvalue weighted by atomic mass is 9.95. The Bertz CT molecular complexity index is 1210. The molecular weight excluding hydrogens is 415 g/mol. The van der Waals surface area contributed by atoms with Crippen molar-refractivity contribution in [3.63, 3.8) is 0 Å². The number of hydrogen-bond donors (Lipinski definition) is 2. The van der Waals surface area contributed by atoms with E-state index in [1.54, 1.807) is 30.6 Å². The van der Waals surface area contributed by atoms with Crippen molar-refractivity contribution in [1.29, 1.82) is 0 Å². The number of amides is 1. The van der Waals surface area contributed by atoms with Crippen molar-refractivity contribution in [3.8, 4) is 11.5 Å². The number of aromatic hydroxyl groups is 1. The number of phenols is 1. The van der Waals surface area contributed by atoms with Crippen LogP contribution in [0.15, 0.2) is 72.6 Å². The molecule has 0 spiro atoms. The van der Waals surface area contributed by atoms with Crippen LogP contribution in [0.3, 0.4) is 0 Å². The molecule has 1 fully saturated rings. The van der Waals surface area contributed by atoms with E-state index >= 15 is 0 Å². The monoisotopic (exact) mass is 434 g/mol. The third kappa shape index (κ3) is 3.78. The maximum Gasteiger partial charge on any atom is 0.295 e. The van der Waals surface area contributed by atoms with Crippen LogP contribution < -0.4 is 4.74 Å². The lowest BCUT2D eigenvalue weighted by Crippen LogP contribution is -2.29. The molecule has 0 radical (unpaired) electrons. The lowest BCUT2D eigenvalue weighted by molar-refractivity contribution is -0.140. The Hall–Kier alpha value is -4.20. The number of hydrogen-bond acceptors (Lipinski definition) is 6. The number of likely N-dealkylation sites (tertiary alicyclic amines) is 1. The van der Waals surface area contributed by atoms with Gasteiger partial charge in [0.1, 0.15) is 11.6 Å². The molecule has 162 valence electrons. The van der Waals surface area contributed by atoms with Gasteiger partial charge in [0.15, 0.2) is 11.5 Å². The fraction of sp³-hybridized carbons (Fsp3) is 0.125. The van der Waals surface area contributed by atoms with Crippen LogP contribution in [0, 0.1) is 5.82 Å². The van der Waals surface area contributed by atoms with Crippen LogP contribution in [0.25, 0.3) is 5.76 Å². The van der Waals surface area contributed by atoms with Crippen LogP contribution in [-0.4, -0.2) is 38.9 Å². The molecule has 1 aromatic heterocycles. The number of methoxy groups -OCH3 is 1. The summed E-state index contributed by atoms with van der Waals surface area (Å²) in [5.74, 6) is -2.55. The molecule has 0 saturated carbocycles. The summed E-state index contributed by atoms with van der Waals surface area (Å²) in [6.07, 6.45) is 3.17. The maximum absolute atomic E-state index is 13.4. The van der Waals surface area contributed by atoms with E-state index in [9.17, 15) is 24.2 Å². The zero-order valence-electron chi connectivity index (χ0n) is 17.0. The number of aromatic nitrogens is 1. The minimum Gasteiger partial charge on any atom is -0.507 e. The van der Waals surface area contributed by atoms with Gasteiger partial charge in [0.25, 0.3) is 11.7 Å². The largest absolute Gasteiger partial charge is 0.507 e. The van der Waals surface area contributed by atoms with Crippen molar-refractivity contribution in [1.82, 2.24) is 9.88 Å². The first-order valence-electron chi connectivity index (χ1n) is 9.71. The average Bonchev–Trinajstić information content (AvgIpc) is 3.05. The Morgan fingerprint density at radius 3 is 2.56 bits per heavy atom. The number of aliphatic hydroxyl groups is 1. The number of rotatable bonds is 5. The summed E-state index contributed by atoms with van der Waals surface area (Å²) in [5, 5.41) is 20.9. The number of nitrogens with zero attached hydrogens (tertiary/aromatic N) is 2. The summed E-state index contributed by atoms with van der Waals surface area (Å²) in [4.78, 5) is 31.4. The Balaban J connectivity index is 1.89. The minimum atomic E-state index is -0.963. The predicted molar refractivity (Wildman–Crippen MR) is 113 cm³/mol. The quantitative estimate of drug-likeness (QED) is 0.362. The summed E-state index contributed by atoms with van der Waals surface area (Å²) in [7, 11) is 1.38. The highest BCUT2D eigenvalue weighted by Crippen LogP contribution is 2.42. The fourth-order valence-electron chi connectivity index (χ4n) is 3.71. The average molecular weight is 434 g/mol. The number of phenolic OH excluding ortho intramolecular Hbond substituents is 1. The topological polar surface area (TPSA) is 100.0 Å². The molecule has 32 heavy (non-hydrogen) atoms. The number of ketones is 1. The van der Waals surface area contributed by atoms with E-state index in [1.165, 1.54) is 36.3 Å². The summed E-state index contributed by atoms with van der Waals surface area (Å²) in [6, 6.07) is 11.9. The fourth-order valence-corrected chi connectivity index (χ4v) is 3.71. The number of benzene rings is 2. The second-order valence-corrected chi connectivity index (χ2v) is 7.23. The van der Waals surface area contributed by atoms with Crippen molar-refractivity contribution in [3.05, 3.63) is 95.1 Å². The second-order valence-electron chi connectivity index (χ2n) is 7.23. The van der Waals surface area contributed by atoms with E-state index in [1.807, 2.05) is 0 Å². The Kier molecular flexibility index (Phi) is 5.59. The third-order valence-electron chi connectivity index (χ3n) is 5.25. The number of carbonyl (C=O) groups excluding carboxylic acids is 2. The zero-order chi connectivity index (χ0) is 22.8. The van der Waals surface area contributed by atoms with Gasteiger partial charge in [0.05, 0.1) is 18.7 Å². The Morgan fingerprint density at radius 1 is 1.16 bits per heavy atom. The number of Topliss-reactive ketones (excluding diaryl/α,β-unsaturated/α-hetero) is 1. The molecule has 0 unspecified atom stereocenters. The molecule has 4 rings (SSSR count). The van der Waals surface area contributed by atoms with Crippen LogP contribution in [0.5, 0.6) is 11.5 Å². The van der Waals surface area contributed by atoms with Crippen LogP contribution in [0.2, 0.25) is 0 Å². The van der Waals surface area contributed by atoms with Crippen LogP contribution >= 0.6 is 0 Å². The van der Waals surface area contributed by atoms with Gasteiger partial charge < -0.3 is 19.8 Å². The molecule has 2 heterocycles.